The number of hydrogen-bond donors (Lipinski definition) is 2. The maximum Gasteiger partial charge on any atom is 0.252 e. The van der Waals surface area contributed by atoms with Gasteiger partial charge < -0.3 is 10.6 Å². The summed E-state index contributed by atoms with van der Waals surface area (Å²) in [6.45, 7) is 4.58. The summed E-state index contributed by atoms with van der Waals surface area (Å²) in [5, 5.41) is 5.33. The highest BCUT2D eigenvalue weighted by Crippen LogP contribution is 2.16. The second-order valence-corrected chi connectivity index (χ2v) is 5.05. The molecule has 0 saturated heterocycles. The standard InChI is InChI=1S/C13H17IN2O2/c1-3-7-15-11(17)8-16-13(18)10-6-4-5-9(2)12(10)14/h4-6H,3,7-8H2,1-2H3,(H,15,17)(H,16,18). The third-order valence-electron chi connectivity index (χ3n) is 2.42. The Balaban J connectivity index is 2.55. The summed E-state index contributed by atoms with van der Waals surface area (Å²) in [5.41, 5.74) is 1.66. The number of benzene rings is 1. The minimum Gasteiger partial charge on any atom is -0.355 e. The zero-order valence-corrected chi connectivity index (χ0v) is 12.7. The second-order valence-electron chi connectivity index (χ2n) is 3.97. The number of hydrogen-bond acceptors (Lipinski definition) is 2. The Labute approximate surface area is 121 Å². The van der Waals surface area contributed by atoms with Crippen LogP contribution in [-0.4, -0.2) is 24.9 Å². The number of carbonyl (C=O) groups is 2. The van der Waals surface area contributed by atoms with E-state index >= 15 is 0 Å². The molecule has 0 radical (unpaired) electrons. The van der Waals surface area contributed by atoms with Crippen molar-refractivity contribution < 1.29 is 9.59 Å². The minimum absolute atomic E-state index is 0.0167. The van der Waals surface area contributed by atoms with Gasteiger partial charge in [0.1, 0.15) is 0 Å². The van der Waals surface area contributed by atoms with Crippen LogP contribution < -0.4 is 10.6 Å². The van der Waals surface area contributed by atoms with Gasteiger partial charge in [-0.05, 0) is 47.6 Å². The van der Waals surface area contributed by atoms with Gasteiger partial charge in [0.2, 0.25) is 5.91 Å². The molecule has 1 aromatic carbocycles. The smallest absolute Gasteiger partial charge is 0.252 e. The molecule has 0 fully saturated rings. The fourth-order valence-electron chi connectivity index (χ4n) is 1.41. The van der Waals surface area contributed by atoms with E-state index in [9.17, 15) is 9.59 Å². The number of nitrogens with one attached hydrogen (secondary N) is 2. The number of amides is 2. The summed E-state index contributed by atoms with van der Waals surface area (Å²) >= 11 is 2.14. The molecule has 0 aliphatic heterocycles. The molecule has 5 heteroatoms. The molecule has 0 unspecified atom stereocenters. The van der Waals surface area contributed by atoms with E-state index in [0.717, 1.165) is 15.6 Å². The van der Waals surface area contributed by atoms with Crippen molar-refractivity contribution in [1.82, 2.24) is 10.6 Å². The predicted molar refractivity (Wildman–Crippen MR) is 79.5 cm³/mol. The van der Waals surface area contributed by atoms with E-state index in [1.807, 2.05) is 26.0 Å². The van der Waals surface area contributed by atoms with Crippen LogP contribution in [0.2, 0.25) is 0 Å². The predicted octanol–water partition coefficient (Wildman–Crippen LogP) is 1.86. The van der Waals surface area contributed by atoms with Gasteiger partial charge in [0.05, 0.1) is 12.1 Å². The maximum atomic E-state index is 11.9. The largest absolute Gasteiger partial charge is 0.355 e. The molecule has 1 aromatic rings. The molecule has 0 bridgehead atoms. The van der Waals surface area contributed by atoms with Gasteiger partial charge in [-0.25, -0.2) is 0 Å². The van der Waals surface area contributed by atoms with Crippen molar-refractivity contribution in [3.63, 3.8) is 0 Å². The van der Waals surface area contributed by atoms with E-state index in [1.165, 1.54) is 0 Å². The van der Waals surface area contributed by atoms with Crippen molar-refractivity contribution in [1.29, 1.82) is 0 Å². The summed E-state index contributed by atoms with van der Waals surface area (Å²) in [4.78, 5) is 23.3. The molecule has 1 rings (SSSR count). The molecule has 4 nitrogen and oxygen atoms in total. The van der Waals surface area contributed by atoms with Crippen molar-refractivity contribution in [3.05, 3.63) is 32.9 Å². The van der Waals surface area contributed by atoms with E-state index in [0.29, 0.717) is 12.1 Å². The van der Waals surface area contributed by atoms with Gasteiger partial charge in [0, 0.05) is 10.1 Å². The van der Waals surface area contributed by atoms with E-state index in [4.69, 9.17) is 0 Å². The van der Waals surface area contributed by atoms with Gasteiger partial charge in [-0.2, -0.15) is 0 Å². The van der Waals surface area contributed by atoms with Crippen LogP contribution in [-0.2, 0) is 4.79 Å². The van der Waals surface area contributed by atoms with Crippen LogP contribution in [0.1, 0.15) is 29.3 Å². The highest BCUT2D eigenvalue weighted by Gasteiger charge is 2.11. The topological polar surface area (TPSA) is 58.2 Å². The normalized spacial score (nSPS) is 9.94. The molecule has 0 spiro atoms. The first-order valence-electron chi connectivity index (χ1n) is 5.86. The van der Waals surface area contributed by atoms with Gasteiger partial charge in [-0.3, -0.25) is 9.59 Å². The third kappa shape index (κ3) is 4.29. The SMILES string of the molecule is CCCNC(=O)CNC(=O)c1cccc(C)c1I. The van der Waals surface area contributed by atoms with Crippen LogP contribution in [0.4, 0.5) is 0 Å². The number of aryl methyl sites for hydroxylation is 1. The fourth-order valence-corrected chi connectivity index (χ4v) is 2.01. The zero-order chi connectivity index (χ0) is 13.5. The average Bonchev–Trinajstić information content (AvgIpc) is 2.36. The molecule has 2 N–H and O–H groups in total. The molecule has 0 saturated carbocycles. The number of carbonyl (C=O) groups excluding carboxylic acids is 2. The van der Waals surface area contributed by atoms with Gasteiger partial charge >= 0.3 is 0 Å². The van der Waals surface area contributed by atoms with Crippen molar-refractivity contribution in [3.8, 4) is 0 Å². The fraction of sp³-hybridized carbons (Fsp3) is 0.385. The Bertz CT molecular complexity index is 447. The molecule has 0 heterocycles. The first-order chi connectivity index (χ1) is 8.56. The summed E-state index contributed by atoms with van der Waals surface area (Å²) in [6, 6.07) is 5.55. The Morgan fingerprint density at radius 2 is 2.00 bits per heavy atom. The molecule has 0 aromatic heterocycles. The Morgan fingerprint density at radius 3 is 2.67 bits per heavy atom. The van der Waals surface area contributed by atoms with Crippen LogP contribution >= 0.6 is 22.6 Å². The van der Waals surface area contributed by atoms with Gasteiger partial charge in [0.25, 0.3) is 5.91 Å². The summed E-state index contributed by atoms with van der Waals surface area (Å²) in [6.07, 6.45) is 0.884. The van der Waals surface area contributed by atoms with Crippen LogP contribution in [0.5, 0.6) is 0 Å². The van der Waals surface area contributed by atoms with Crippen molar-refractivity contribution in [2.24, 2.45) is 0 Å². The highest BCUT2D eigenvalue weighted by atomic mass is 127. The number of halogens is 1. The van der Waals surface area contributed by atoms with Gasteiger partial charge in [-0.15, -0.1) is 0 Å². The van der Waals surface area contributed by atoms with Crippen LogP contribution in [0, 0.1) is 10.5 Å². The lowest BCUT2D eigenvalue weighted by atomic mass is 10.1. The van der Waals surface area contributed by atoms with Gasteiger partial charge in [0.15, 0.2) is 0 Å². The Kier molecular flexibility index (Phi) is 6.11. The third-order valence-corrected chi connectivity index (χ3v) is 3.85. The van der Waals surface area contributed by atoms with Crippen molar-refractivity contribution in [2.45, 2.75) is 20.3 Å². The highest BCUT2D eigenvalue weighted by molar-refractivity contribution is 14.1. The zero-order valence-electron chi connectivity index (χ0n) is 10.5. The molecule has 18 heavy (non-hydrogen) atoms. The molecule has 0 aliphatic carbocycles. The van der Waals surface area contributed by atoms with Gasteiger partial charge in [-0.1, -0.05) is 19.1 Å². The Morgan fingerprint density at radius 1 is 1.28 bits per heavy atom. The maximum absolute atomic E-state index is 11.9. The van der Waals surface area contributed by atoms with Crippen LogP contribution in [0.15, 0.2) is 18.2 Å². The molecular weight excluding hydrogens is 343 g/mol. The second kappa shape index (κ2) is 7.35. The Hall–Kier alpha value is -1.11. The summed E-state index contributed by atoms with van der Waals surface area (Å²) in [7, 11) is 0. The molecule has 98 valence electrons. The lowest BCUT2D eigenvalue weighted by molar-refractivity contribution is -0.120. The summed E-state index contributed by atoms with van der Waals surface area (Å²) in [5.74, 6) is -0.373. The molecule has 0 atom stereocenters. The molecular formula is C13H17IN2O2. The van der Waals surface area contributed by atoms with E-state index in [-0.39, 0.29) is 18.4 Å². The average molecular weight is 360 g/mol. The molecule has 0 aliphatic rings. The quantitative estimate of drug-likeness (QED) is 0.788. The minimum atomic E-state index is -0.213. The number of rotatable bonds is 5. The first kappa shape index (κ1) is 14.9. The molecule has 2 amide bonds. The first-order valence-corrected chi connectivity index (χ1v) is 6.94. The van der Waals surface area contributed by atoms with Crippen LogP contribution in [0.3, 0.4) is 0 Å². The monoisotopic (exact) mass is 360 g/mol. The van der Waals surface area contributed by atoms with E-state index in [2.05, 4.69) is 33.2 Å². The van der Waals surface area contributed by atoms with E-state index < -0.39 is 0 Å². The van der Waals surface area contributed by atoms with Crippen LogP contribution in [0.25, 0.3) is 0 Å². The van der Waals surface area contributed by atoms with E-state index in [1.54, 1.807) is 6.07 Å². The van der Waals surface area contributed by atoms with Crippen molar-refractivity contribution >= 4 is 34.4 Å². The lowest BCUT2D eigenvalue weighted by Crippen LogP contribution is -2.37. The van der Waals surface area contributed by atoms with Crippen molar-refractivity contribution in [2.75, 3.05) is 13.1 Å². The lowest BCUT2D eigenvalue weighted by Gasteiger charge is -2.08. The summed E-state index contributed by atoms with van der Waals surface area (Å²) < 4.78 is 0.918.